The first-order chi connectivity index (χ1) is 19.5. The molecule has 2 N–H and O–H groups in total. The maximum absolute atomic E-state index is 13.1. The summed E-state index contributed by atoms with van der Waals surface area (Å²) in [4.78, 5) is 43.3. The third-order valence-electron chi connectivity index (χ3n) is 7.54. The van der Waals surface area contributed by atoms with Gasteiger partial charge in [0.2, 0.25) is 5.91 Å². The van der Waals surface area contributed by atoms with Crippen LogP contribution < -0.4 is 10.6 Å². The zero-order valence-electron chi connectivity index (χ0n) is 22.3. The molecule has 1 fully saturated rings. The number of anilines is 1. The minimum Gasteiger partial charge on any atom is -0.379 e. The molecule has 40 heavy (non-hydrogen) atoms. The smallest absolute Gasteiger partial charge is 0.257 e. The lowest BCUT2D eigenvalue weighted by atomic mass is 9.96. The van der Waals surface area contributed by atoms with E-state index in [4.69, 9.17) is 9.72 Å². The van der Waals surface area contributed by atoms with E-state index in [2.05, 4.69) is 25.5 Å². The molecule has 2 aliphatic heterocycles. The summed E-state index contributed by atoms with van der Waals surface area (Å²) in [6.07, 6.45) is 6.46. The molecular formula is C29H32N6O3S2. The number of pyridine rings is 1. The van der Waals surface area contributed by atoms with Crippen molar-refractivity contribution < 1.29 is 14.3 Å². The first-order valence-corrected chi connectivity index (χ1v) is 15.4. The summed E-state index contributed by atoms with van der Waals surface area (Å²) in [5, 5.41) is 7.23. The van der Waals surface area contributed by atoms with E-state index in [0.29, 0.717) is 23.3 Å². The summed E-state index contributed by atoms with van der Waals surface area (Å²) < 4.78 is 5.50. The summed E-state index contributed by atoms with van der Waals surface area (Å²) >= 11 is 3.06. The van der Waals surface area contributed by atoms with Crippen LogP contribution in [0.25, 0.3) is 0 Å². The fourth-order valence-corrected chi connectivity index (χ4v) is 7.62. The fraction of sp³-hybridized carbons (Fsp3) is 0.414. The van der Waals surface area contributed by atoms with Crippen LogP contribution in [0.15, 0.2) is 53.8 Å². The van der Waals surface area contributed by atoms with Crippen molar-refractivity contribution in [2.75, 3.05) is 31.6 Å². The third-order valence-corrected chi connectivity index (χ3v) is 10.00. The number of aryl methyl sites for hydroxylation is 1. The van der Waals surface area contributed by atoms with E-state index in [1.54, 1.807) is 29.8 Å². The van der Waals surface area contributed by atoms with Crippen LogP contribution >= 0.6 is 23.1 Å². The second-order valence-corrected chi connectivity index (χ2v) is 12.5. The molecule has 0 saturated carbocycles. The zero-order chi connectivity index (χ0) is 27.5. The minimum atomic E-state index is -0.298. The van der Waals surface area contributed by atoms with E-state index in [0.717, 1.165) is 67.4 Å². The summed E-state index contributed by atoms with van der Waals surface area (Å²) in [6, 6.07) is 11.6. The van der Waals surface area contributed by atoms with Gasteiger partial charge in [-0.05, 0) is 56.0 Å². The standard InChI is InChI=1S/C29H32N6O3S2/c1-18-25(40-28(32-18)20-7-9-30-10-8-20)27(37)31-17-19-3-2-4-21(15-19)26(36)34-29-33-23-6-5-22(16-24(23)39-29)35-11-13-38-14-12-35/h2-4,7-10,15,18,22,25H,5-6,11-14,16-17H2,1H3,(H,31,37)(H,33,34,36)/t18?,22-,25?/m0/s1. The molecule has 0 bridgehead atoms. The van der Waals surface area contributed by atoms with Crippen molar-refractivity contribution in [2.45, 2.75) is 50.1 Å². The van der Waals surface area contributed by atoms with Gasteiger partial charge in [-0.25, -0.2) is 4.98 Å². The molecule has 9 nitrogen and oxygen atoms in total. The van der Waals surface area contributed by atoms with Crippen LogP contribution in [0, 0.1) is 0 Å². The van der Waals surface area contributed by atoms with Crippen molar-refractivity contribution in [3.63, 3.8) is 0 Å². The van der Waals surface area contributed by atoms with Gasteiger partial charge in [0.1, 0.15) is 5.25 Å². The fourth-order valence-electron chi connectivity index (χ4n) is 5.36. The molecule has 6 rings (SSSR count). The summed E-state index contributed by atoms with van der Waals surface area (Å²) in [7, 11) is 0. The summed E-state index contributed by atoms with van der Waals surface area (Å²) in [5.74, 6) is -0.261. The molecule has 1 aliphatic carbocycles. The molecule has 0 spiro atoms. The molecule has 0 radical (unpaired) electrons. The second-order valence-electron chi connectivity index (χ2n) is 10.3. The Balaban J connectivity index is 1.03. The van der Waals surface area contributed by atoms with Gasteiger partial charge < -0.3 is 10.1 Å². The Morgan fingerprint density at radius 3 is 2.80 bits per heavy atom. The first-order valence-electron chi connectivity index (χ1n) is 13.7. The number of amides is 2. The van der Waals surface area contributed by atoms with Crippen molar-refractivity contribution in [3.8, 4) is 0 Å². The van der Waals surface area contributed by atoms with Crippen LogP contribution in [0.4, 0.5) is 5.13 Å². The number of aromatic nitrogens is 2. The Morgan fingerprint density at radius 1 is 1.15 bits per heavy atom. The van der Waals surface area contributed by atoms with Gasteiger partial charge in [0.15, 0.2) is 5.13 Å². The Morgan fingerprint density at radius 2 is 1.98 bits per heavy atom. The molecule has 2 aromatic heterocycles. The molecule has 3 aliphatic rings. The quantitative estimate of drug-likeness (QED) is 0.443. The average Bonchev–Trinajstić information content (AvgIpc) is 3.59. The molecule has 4 heterocycles. The highest BCUT2D eigenvalue weighted by Crippen LogP contribution is 2.33. The number of carbonyl (C=O) groups excluding carboxylic acids is 2. The lowest BCUT2D eigenvalue weighted by Gasteiger charge is -2.36. The molecule has 1 aromatic carbocycles. The number of aliphatic imine (C=N–C) groups is 1. The van der Waals surface area contributed by atoms with Crippen molar-refractivity contribution >= 4 is 45.1 Å². The molecule has 3 aromatic rings. The Kier molecular flexibility index (Phi) is 8.24. The highest BCUT2D eigenvalue weighted by molar-refractivity contribution is 8.15. The Hall–Kier alpha value is -3.12. The number of thiazole rings is 1. The van der Waals surface area contributed by atoms with Gasteiger partial charge in [0, 0.05) is 54.1 Å². The van der Waals surface area contributed by atoms with Gasteiger partial charge >= 0.3 is 0 Å². The highest BCUT2D eigenvalue weighted by atomic mass is 32.2. The maximum Gasteiger partial charge on any atom is 0.257 e. The Bertz CT molecular complexity index is 1410. The van der Waals surface area contributed by atoms with Gasteiger partial charge in [0.05, 0.1) is 30.0 Å². The van der Waals surface area contributed by atoms with Gasteiger partial charge in [0.25, 0.3) is 5.91 Å². The number of hydrogen-bond acceptors (Lipinski definition) is 9. The van der Waals surface area contributed by atoms with Crippen LogP contribution in [0.3, 0.4) is 0 Å². The second kappa shape index (κ2) is 12.2. The maximum atomic E-state index is 13.1. The van der Waals surface area contributed by atoms with Crippen molar-refractivity contribution in [2.24, 2.45) is 4.99 Å². The monoisotopic (exact) mass is 576 g/mol. The number of thioether (sulfide) groups is 1. The predicted molar refractivity (Wildman–Crippen MR) is 158 cm³/mol. The molecule has 208 valence electrons. The van der Waals surface area contributed by atoms with E-state index in [9.17, 15) is 9.59 Å². The van der Waals surface area contributed by atoms with Gasteiger partial charge in [-0.3, -0.25) is 29.8 Å². The minimum absolute atomic E-state index is 0.0658. The van der Waals surface area contributed by atoms with E-state index >= 15 is 0 Å². The lowest BCUT2D eigenvalue weighted by Crippen LogP contribution is -2.45. The number of benzene rings is 1. The van der Waals surface area contributed by atoms with E-state index < -0.39 is 0 Å². The molecule has 3 atom stereocenters. The molecule has 2 amide bonds. The van der Waals surface area contributed by atoms with Crippen LogP contribution in [0.5, 0.6) is 0 Å². The number of fused-ring (bicyclic) bond motifs is 1. The molecule has 1 saturated heterocycles. The van der Waals surface area contributed by atoms with E-state index in [-0.39, 0.29) is 23.1 Å². The number of hydrogen-bond donors (Lipinski definition) is 2. The molecular weight excluding hydrogens is 544 g/mol. The number of carbonyl (C=O) groups is 2. The van der Waals surface area contributed by atoms with Gasteiger partial charge in [-0.1, -0.05) is 23.9 Å². The van der Waals surface area contributed by atoms with Gasteiger partial charge in [-0.15, -0.1) is 11.3 Å². The van der Waals surface area contributed by atoms with Gasteiger partial charge in [-0.2, -0.15) is 0 Å². The number of nitrogens with zero attached hydrogens (tertiary/aromatic N) is 4. The van der Waals surface area contributed by atoms with Crippen molar-refractivity contribution in [1.29, 1.82) is 0 Å². The molecule has 11 heteroatoms. The Labute approximate surface area is 241 Å². The van der Waals surface area contributed by atoms with Crippen LogP contribution in [0.2, 0.25) is 0 Å². The molecule has 2 unspecified atom stereocenters. The number of rotatable bonds is 7. The van der Waals surface area contributed by atoms with Crippen LogP contribution in [-0.2, 0) is 28.9 Å². The third kappa shape index (κ3) is 6.12. The van der Waals surface area contributed by atoms with E-state index in [1.165, 1.54) is 16.6 Å². The highest BCUT2D eigenvalue weighted by Gasteiger charge is 2.33. The topological polar surface area (TPSA) is 109 Å². The first kappa shape index (κ1) is 27.1. The van der Waals surface area contributed by atoms with Crippen LogP contribution in [0.1, 0.15) is 45.4 Å². The van der Waals surface area contributed by atoms with E-state index in [1.807, 2.05) is 37.3 Å². The summed E-state index contributed by atoms with van der Waals surface area (Å²) in [6.45, 7) is 5.86. The zero-order valence-corrected chi connectivity index (χ0v) is 24.0. The largest absolute Gasteiger partial charge is 0.379 e. The van der Waals surface area contributed by atoms with Crippen molar-refractivity contribution in [3.05, 3.63) is 76.1 Å². The number of ether oxygens (including phenoxy) is 1. The SMILES string of the molecule is CC1N=C(c2ccncc2)SC1C(=O)NCc1cccc(C(=O)Nc2nc3c(s2)C[C@@H](N2CCOCC2)CC3)c1. The predicted octanol–water partition coefficient (Wildman–Crippen LogP) is 3.55. The number of nitrogens with one attached hydrogen (secondary N) is 2. The lowest BCUT2D eigenvalue weighted by molar-refractivity contribution is -0.120. The number of morpholine rings is 1. The van der Waals surface area contributed by atoms with Crippen molar-refractivity contribution in [1.82, 2.24) is 20.2 Å². The summed E-state index contributed by atoms with van der Waals surface area (Å²) in [5.41, 5.74) is 3.48. The van der Waals surface area contributed by atoms with Crippen LogP contribution in [-0.4, -0.2) is 75.4 Å². The normalized spacial score (nSPS) is 22.8. The average molecular weight is 577 g/mol.